The second-order valence-corrected chi connectivity index (χ2v) is 5.06. The second kappa shape index (κ2) is 5.90. The predicted octanol–water partition coefficient (Wildman–Crippen LogP) is 3.47. The van der Waals surface area contributed by atoms with Crippen LogP contribution in [0.2, 0.25) is 5.02 Å². The van der Waals surface area contributed by atoms with Crippen LogP contribution >= 0.6 is 11.6 Å². The Labute approximate surface area is 137 Å². The normalized spacial score (nSPS) is 11.3. The minimum absolute atomic E-state index is 0.0353. The lowest BCUT2D eigenvalue weighted by Crippen LogP contribution is -2.09. The van der Waals surface area contributed by atoms with Crippen molar-refractivity contribution in [1.82, 2.24) is 25.4 Å². The predicted molar refractivity (Wildman–Crippen MR) is 77.6 cm³/mol. The van der Waals surface area contributed by atoms with E-state index < -0.39 is 11.9 Å². The number of H-pyrrole nitrogens is 1. The summed E-state index contributed by atoms with van der Waals surface area (Å²) in [6.07, 6.45) is -3.57. The number of hydrogen-bond donors (Lipinski definition) is 1. The van der Waals surface area contributed by atoms with Gasteiger partial charge in [0.15, 0.2) is 11.5 Å². The van der Waals surface area contributed by atoms with Crippen LogP contribution in [0.25, 0.3) is 22.6 Å². The van der Waals surface area contributed by atoms with E-state index in [4.69, 9.17) is 16.9 Å². The highest BCUT2D eigenvalue weighted by Gasteiger charge is 2.32. The number of aromatic amines is 1. The summed E-state index contributed by atoms with van der Waals surface area (Å²) in [5.41, 5.74) is -0.131. The maximum atomic E-state index is 12.8. The summed E-state index contributed by atoms with van der Waals surface area (Å²) in [5, 5.41) is 19.1. The molecule has 2 heterocycles. The van der Waals surface area contributed by atoms with Crippen LogP contribution < -0.4 is 0 Å². The van der Waals surface area contributed by atoms with E-state index in [2.05, 4.69) is 25.4 Å². The van der Waals surface area contributed by atoms with Crippen molar-refractivity contribution in [3.8, 4) is 28.7 Å². The van der Waals surface area contributed by atoms with Crippen molar-refractivity contribution in [3.63, 3.8) is 0 Å². The number of alkyl halides is 3. The van der Waals surface area contributed by atoms with Gasteiger partial charge in [-0.1, -0.05) is 11.6 Å². The van der Waals surface area contributed by atoms with Gasteiger partial charge in [0.2, 0.25) is 0 Å². The minimum atomic E-state index is -4.58. The molecule has 0 unspecified atom stereocenters. The first-order chi connectivity index (χ1) is 11.4. The first kappa shape index (κ1) is 15.9. The molecule has 0 atom stereocenters. The number of nitrogens with one attached hydrogen (secondary N) is 1. The number of nitrogens with zero attached hydrogens (tertiary/aromatic N) is 5. The third-order valence-corrected chi connectivity index (χ3v) is 3.25. The van der Waals surface area contributed by atoms with Gasteiger partial charge in [-0.15, -0.1) is 5.10 Å². The number of halogens is 4. The highest BCUT2D eigenvalue weighted by molar-refractivity contribution is 6.31. The summed E-state index contributed by atoms with van der Waals surface area (Å²) in [6.45, 7) is 0. The summed E-state index contributed by atoms with van der Waals surface area (Å²) in [5.74, 6) is -0.143. The van der Waals surface area contributed by atoms with E-state index in [9.17, 15) is 13.2 Å². The smallest absolute Gasteiger partial charge is 0.237 e. The van der Waals surface area contributed by atoms with Crippen LogP contribution in [0.4, 0.5) is 13.2 Å². The van der Waals surface area contributed by atoms with Gasteiger partial charge < -0.3 is 0 Å². The van der Waals surface area contributed by atoms with Crippen molar-refractivity contribution in [2.45, 2.75) is 6.18 Å². The van der Waals surface area contributed by atoms with Crippen molar-refractivity contribution in [2.24, 2.45) is 0 Å². The molecular formula is C14H6ClF3N6. The third-order valence-electron chi connectivity index (χ3n) is 3.03. The largest absolute Gasteiger partial charge is 0.433 e. The van der Waals surface area contributed by atoms with Gasteiger partial charge in [0.25, 0.3) is 0 Å². The molecule has 6 nitrogen and oxygen atoms in total. The van der Waals surface area contributed by atoms with E-state index in [-0.39, 0.29) is 27.8 Å². The summed E-state index contributed by atoms with van der Waals surface area (Å²) in [7, 11) is 0. The average molecular weight is 351 g/mol. The third kappa shape index (κ3) is 3.04. The maximum absolute atomic E-state index is 12.8. The average Bonchev–Trinajstić information content (AvgIpc) is 3.02. The van der Waals surface area contributed by atoms with E-state index >= 15 is 0 Å². The molecule has 0 saturated carbocycles. The summed E-state index contributed by atoms with van der Waals surface area (Å²) in [4.78, 5) is 7.37. The fraction of sp³-hybridized carbons (Fsp3) is 0.0714. The molecule has 0 radical (unpaired) electrons. The van der Waals surface area contributed by atoms with Gasteiger partial charge in [-0.3, -0.25) is 0 Å². The van der Waals surface area contributed by atoms with Crippen molar-refractivity contribution in [1.29, 1.82) is 5.26 Å². The molecular weight excluding hydrogens is 345 g/mol. The second-order valence-electron chi connectivity index (χ2n) is 4.62. The first-order valence-electron chi connectivity index (χ1n) is 6.41. The number of hydrogen-bond acceptors (Lipinski definition) is 5. The molecule has 0 aliphatic rings. The van der Waals surface area contributed by atoms with Crippen molar-refractivity contribution >= 4 is 11.6 Å². The van der Waals surface area contributed by atoms with Gasteiger partial charge in [-0.2, -0.15) is 28.7 Å². The molecule has 0 spiro atoms. The van der Waals surface area contributed by atoms with E-state index in [1.54, 1.807) is 0 Å². The molecule has 0 saturated heterocycles. The molecule has 120 valence electrons. The molecule has 3 rings (SSSR count). The molecule has 10 heteroatoms. The molecule has 0 aliphatic heterocycles. The quantitative estimate of drug-likeness (QED) is 0.764. The highest BCUT2D eigenvalue weighted by atomic mass is 35.5. The molecule has 1 N–H and O–H groups in total. The lowest BCUT2D eigenvalue weighted by atomic mass is 10.1. The molecule has 0 aliphatic carbocycles. The van der Waals surface area contributed by atoms with Crippen LogP contribution in [0, 0.1) is 11.3 Å². The highest BCUT2D eigenvalue weighted by Crippen LogP contribution is 2.31. The van der Waals surface area contributed by atoms with Crippen LogP contribution in [0.5, 0.6) is 0 Å². The minimum Gasteiger partial charge on any atom is -0.237 e. The van der Waals surface area contributed by atoms with Crippen molar-refractivity contribution in [2.75, 3.05) is 0 Å². The first-order valence-corrected chi connectivity index (χ1v) is 6.79. The van der Waals surface area contributed by atoms with E-state index in [0.29, 0.717) is 5.56 Å². The molecule has 3 aromatic rings. The standard InChI is InChI=1S/C14H6ClF3N6/c15-9-4-7(12-10(6-19)22-24-23-12)3-8(5-9)13-20-2-1-11(21-13)14(16,17)18/h1-5H,(H,22,23,24). The van der Waals surface area contributed by atoms with Gasteiger partial charge in [0.05, 0.1) is 0 Å². The Bertz CT molecular complexity index is 944. The fourth-order valence-electron chi connectivity index (χ4n) is 2.02. The monoisotopic (exact) mass is 350 g/mol. The Hall–Kier alpha value is -2.99. The number of nitriles is 1. The summed E-state index contributed by atoms with van der Waals surface area (Å²) < 4.78 is 38.4. The van der Waals surface area contributed by atoms with E-state index in [1.165, 1.54) is 18.2 Å². The van der Waals surface area contributed by atoms with Crippen molar-refractivity contribution in [3.05, 3.63) is 46.9 Å². The zero-order valence-corrected chi connectivity index (χ0v) is 12.4. The SMILES string of the molecule is N#Cc1n[nH]nc1-c1cc(Cl)cc(-c2nccc(C(F)(F)F)n2)c1. The molecule has 1 aromatic carbocycles. The maximum Gasteiger partial charge on any atom is 0.433 e. The topological polar surface area (TPSA) is 91.1 Å². The van der Waals surface area contributed by atoms with Crippen LogP contribution in [0.15, 0.2) is 30.5 Å². The van der Waals surface area contributed by atoms with Crippen LogP contribution in [0.3, 0.4) is 0 Å². The Balaban J connectivity index is 2.12. The van der Waals surface area contributed by atoms with E-state index in [0.717, 1.165) is 12.3 Å². The zero-order chi connectivity index (χ0) is 17.3. The van der Waals surface area contributed by atoms with Gasteiger partial charge in [0, 0.05) is 22.3 Å². The molecule has 0 amide bonds. The zero-order valence-electron chi connectivity index (χ0n) is 11.6. The van der Waals surface area contributed by atoms with Crippen LogP contribution in [0.1, 0.15) is 11.4 Å². The van der Waals surface area contributed by atoms with Crippen LogP contribution in [-0.4, -0.2) is 25.4 Å². The Morgan fingerprint density at radius 3 is 2.58 bits per heavy atom. The summed E-state index contributed by atoms with van der Waals surface area (Å²) in [6, 6.07) is 7.05. The summed E-state index contributed by atoms with van der Waals surface area (Å²) >= 11 is 6.02. The lowest BCUT2D eigenvalue weighted by Gasteiger charge is -2.08. The Kier molecular flexibility index (Phi) is 3.91. The van der Waals surface area contributed by atoms with Gasteiger partial charge >= 0.3 is 6.18 Å². The van der Waals surface area contributed by atoms with Gasteiger partial charge in [-0.05, 0) is 24.3 Å². The van der Waals surface area contributed by atoms with Gasteiger partial charge in [0.1, 0.15) is 17.5 Å². The molecule has 0 fully saturated rings. The number of rotatable bonds is 2. The van der Waals surface area contributed by atoms with Crippen LogP contribution in [-0.2, 0) is 6.18 Å². The van der Waals surface area contributed by atoms with Crippen molar-refractivity contribution < 1.29 is 13.2 Å². The molecule has 24 heavy (non-hydrogen) atoms. The number of aromatic nitrogens is 5. The van der Waals surface area contributed by atoms with Gasteiger partial charge in [-0.25, -0.2) is 9.97 Å². The number of benzene rings is 1. The van der Waals surface area contributed by atoms with E-state index in [1.807, 2.05) is 6.07 Å². The fourth-order valence-corrected chi connectivity index (χ4v) is 2.26. The Morgan fingerprint density at radius 2 is 1.88 bits per heavy atom. The Morgan fingerprint density at radius 1 is 1.12 bits per heavy atom. The molecule has 0 bridgehead atoms. The molecule has 2 aromatic heterocycles. The lowest BCUT2D eigenvalue weighted by molar-refractivity contribution is -0.141.